The number of hydrogen-bond acceptors (Lipinski definition) is 4. The highest BCUT2D eigenvalue weighted by Gasteiger charge is 2.21. The lowest BCUT2D eigenvalue weighted by atomic mass is 10.1. The molecule has 1 aliphatic rings. The molecule has 0 radical (unpaired) electrons. The van der Waals surface area contributed by atoms with Gasteiger partial charge in [-0.25, -0.2) is 14.6 Å². The summed E-state index contributed by atoms with van der Waals surface area (Å²) in [7, 11) is 0. The Labute approximate surface area is 138 Å². The minimum absolute atomic E-state index is 0.172. The number of benzene rings is 2. The number of cyclic esters (lactones) is 1. The van der Waals surface area contributed by atoms with Crippen LogP contribution in [0.15, 0.2) is 71.4 Å². The SMILES string of the molecule is O=C1OC(/C=C/c2ccccc2)=NC/1=C\c1ccc(C(=O)O)cc1. The van der Waals surface area contributed by atoms with Crippen LogP contribution in [-0.2, 0) is 9.53 Å². The van der Waals surface area contributed by atoms with Gasteiger partial charge in [-0.15, -0.1) is 0 Å². The monoisotopic (exact) mass is 319 g/mol. The van der Waals surface area contributed by atoms with Gasteiger partial charge >= 0.3 is 11.9 Å². The van der Waals surface area contributed by atoms with E-state index in [1.54, 1.807) is 30.4 Å². The van der Waals surface area contributed by atoms with Gasteiger partial charge in [0.2, 0.25) is 5.90 Å². The Morgan fingerprint density at radius 2 is 1.67 bits per heavy atom. The molecule has 0 atom stereocenters. The number of carboxylic acid groups (broad SMARTS) is 1. The van der Waals surface area contributed by atoms with E-state index in [0.29, 0.717) is 5.56 Å². The van der Waals surface area contributed by atoms with E-state index in [4.69, 9.17) is 9.84 Å². The third-order valence-corrected chi connectivity index (χ3v) is 3.32. The molecule has 118 valence electrons. The maximum absolute atomic E-state index is 11.8. The van der Waals surface area contributed by atoms with E-state index < -0.39 is 11.9 Å². The highest BCUT2D eigenvalue weighted by atomic mass is 16.6. The molecule has 2 aromatic carbocycles. The summed E-state index contributed by atoms with van der Waals surface area (Å²) in [6.45, 7) is 0. The minimum Gasteiger partial charge on any atom is -0.478 e. The van der Waals surface area contributed by atoms with Crippen LogP contribution < -0.4 is 0 Å². The summed E-state index contributed by atoms with van der Waals surface area (Å²) in [5, 5.41) is 8.87. The number of aliphatic imine (C=N–C) groups is 1. The molecule has 0 aromatic heterocycles. The van der Waals surface area contributed by atoms with Gasteiger partial charge in [-0.3, -0.25) is 0 Å². The second-order valence-electron chi connectivity index (χ2n) is 5.04. The predicted molar refractivity (Wildman–Crippen MR) is 90.4 cm³/mol. The summed E-state index contributed by atoms with van der Waals surface area (Å²) < 4.78 is 5.09. The summed E-state index contributed by atoms with van der Waals surface area (Å²) in [6.07, 6.45) is 4.98. The van der Waals surface area contributed by atoms with Crippen LogP contribution in [0.1, 0.15) is 21.5 Å². The van der Waals surface area contributed by atoms with Gasteiger partial charge < -0.3 is 9.84 Å². The van der Waals surface area contributed by atoms with E-state index in [0.717, 1.165) is 5.56 Å². The van der Waals surface area contributed by atoms with E-state index >= 15 is 0 Å². The molecule has 5 heteroatoms. The molecule has 0 saturated heterocycles. The Hall–Kier alpha value is -3.47. The highest BCUT2D eigenvalue weighted by molar-refractivity contribution is 6.11. The van der Waals surface area contributed by atoms with Crippen molar-refractivity contribution in [2.45, 2.75) is 0 Å². The maximum Gasteiger partial charge on any atom is 0.363 e. The van der Waals surface area contributed by atoms with Crippen molar-refractivity contribution < 1.29 is 19.4 Å². The molecular formula is C19H13NO4. The zero-order chi connectivity index (χ0) is 16.9. The van der Waals surface area contributed by atoms with Crippen molar-refractivity contribution in [2.24, 2.45) is 4.99 Å². The molecule has 1 heterocycles. The normalized spacial score (nSPS) is 15.6. The van der Waals surface area contributed by atoms with E-state index in [2.05, 4.69) is 4.99 Å². The molecule has 0 unspecified atom stereocenters. The summed E-state index contributed by atoms with van der Waals surface area (Å²) in [6, 6.07) is 15.7. The summed E-state index contributed by atoms with van der Waals surface area (Å²) in [5.41, 5.74) is 1.99. The quantitative estimate of drug-likeness (QED) is 0.692. The molecule has 5 nitrogen and oxygen atoms in total. The second kappa shape index (κ2) is 6.75. The number of carbonyl (C=O) groups is 2. The zero-order valence-corrected chi connectivity index (χ0v) is 12.5. The van der Waals surface area contributed by atoms with Gasteiger partial charge in [0.1, 0.15) is 0 Å². The van der Waals surface area contributed by atoms with Crippen molar-refractivity contribution in [3.05, 3.63) is 83.1 Å². The van der Waals surface area contributed by atoms with E-state index in [9.17, 15) is 9.59 Å². The third kappa shape index (κ3) is 3.64. The lowest BCUT2D eigenvalue weighted by Crippen LogP contribution is -2.01. The van der Waals surface area contributed by atoms with Gasteiger partial charge in [-0.2, -0.15) is 0 Å². The molecule has 1 aliphatic heterocycles. The van der Waals surface area contributed by atoms with Crippen LogP contribution in [0.3, 0.4) is 0 Å². The minimum atomic E-state index is -0.999. The first-order chi connectivity index (χ1) is 11.6. The standard InChI is InChI=1S/C19H13NO4/c21-18(22)15-9-6-14(7-10-15)12-16-19(23)24-17(20-16)11-8-13-4-2-1-3-5-13/h1-12H,(H,21,22)/b11-8+,16-12-. The van der Waals surface area contributed by atoms with Crippen molar-refractivity contribution in [1.29, 1.82) is 0 Å². The number of aromatic carboxylic acids is 1. The maximum atomic E-state index is 11.8. The van der Waals surface area contributed by atoms with Crippen LogP contribution >= 0.6 is 0 Å². The van der Waals surface area contributed by atoms with Gasteiger partial charge in [-0.05, 0) is 35.4 Å². The van der Waals surface area contributed by atoms with Crippen LogP contribution in [0.5, 0.6) is 0 Å². The average Bonchev–Trinajstić information content (AvgIpc) is 2.94. The Balaban J connectivity index is 1.78. The molecule has 0 bridgehead atoms. The molecule has 24 heavy (non-hydrogen) atoms. The number of carbonyl (C=O) groups excluding carboxylic acids is 1. The van der Waals surface area contributed by atoms with Crippen LogP contribution in [-0.4, -0.2) is 22.9 Å². The van der Waals surface area contributed by atoms with Crippen LogP contribution in [0.2, 0.25) is 0 Å². The van der Waals surface area contributed by atoms with Crippen molar-refractivity contribution >= 4 is 30.0 Å². The highest BCUT2D eigenvalue weighted by Crippen LogP contribution is 2.17. The van der Waals surface area contributed by atoms with Crippen molar-refractivity contribution in [3.63, 3.8) is 0 Å². The van der Waals surface area contributed by atoms with Gasteiger partial charge in [0.25, 0.3) is 0 Å². The van der Waals surface area contributed by atoms with E-state index in [1.807, 2.05) is 30.3 Å². The largest absolute Gasteiger partial charge is 0.478 e. The fraction of sp³-hybridized carbons (Fsp3) is 0. The molecule has 3 rings (SSSR count). The van der Waals surface area contributed by atoms with Crippen LogP contribution in [0, 0.1) is 0 Å². The molecule has 0 saturated carbocycles. The molecule has 0 amide bonds. The zero-order valence-electron chi connectivity index (χ0n) is 12.5. The molecule has 0 aliphatic carbocycles. The predicted octanol–water partition coefficient (Wildman–Crippen LogP) is 3.39. The Morgan fingerprint density at radius 1 is 0.958 bits per heavy atom. The van der Waals surface area contributed by atoms with Crippen LogP contribution in [0.25, 0.3) is 12.2 Å². The van der Waals surface area contributed by atoms with Crippen LogP contribution in [0.4, 0.5) is 0 Å². The Kier molecular flexibility index (Phi) is 4.34. The lowest BCUT2D eigenvalue weighted by Gasteiger charge is -1.96. The van der Waals surface area contributed by atoms with Gasteiger partial charge in [0.15, 0.2) is 5.70 Å². The Bertz CT molecular complexity index is 862. The fourth-order valence-electron chi connectivity index (χ4n) is 2.11. The number of hydrogen-bond donors (Lipinski definition) is 1. The van der Waals surface area contributed by atoms with Gasteiger partial charge in [0.05, 0.1) is 5.56 Å². The van der Waals surface area contributed by atoms with E-state index in [-0.39, 0.29) is 17.2 Å². The Morgan fingerprint density at radius 3 is 2.33 bits per heavy atom. The van der Waals surface area contributed by atoms with Gasteiger partial charge in [0, 0.05) is 6.08 Å². The second-order valence-corrected chi connectivity index (χ2v) is 5.04. The number of carboxylic acids is 1. The van der Waals surface area contributed by atoms with Gasteiger partial charge in [-0.1, -0.05) is 42.5 Å². The number of ether oxygens (including phenoxy) is 1. The molecule has 0 spiro atoms. The first-order valence-electron chi connectivity index (χ1n) is 7.21. The molecule has 1 N–H and O–H groups in total. The van der Waals surface area contributed by atoms with E-state index in [1.165, 1.54) is 12.1 Å². The van der Waals surface area contributed by atoms with Crippen molar-refractivity contribution in [2.75, 3.05) is 0 Å². The number of esters is 1. The summed E-state index contributed by atoms with van der Waals surface area (Å²) in [5.74, 6) is -1.32. The molecule has 2 aromatic rings. The number of nitrogens with zero attached hydrogens (tertiary/aromatic N) is 1. The lowest BCUT2D eigenvalue weighted by molar-refractivity contribution is -0.129. The van der Waals surface area contributed by atoms with Crippen molar-refractivity contribution in [3.8, 4) is 0 Å². The summed E-state index contributed by atoms with van der Waals surface area (Å²) in [4.78, 5) is 26.8. The third-order valence-electron chi connectivity index (χ3n) is 3.32. The topological polar surface area (TPSA) is 76.0 Å². The number of rotatable bonds is 4. The average molecular weight is 319 g/mol. The smallest absolute Gasteiger partial charge is 0.363 e. The molecule has 0 fully saturated rings. The first-order valence-corrected chi connectivity index (χ1v) is 7.21. The summed E-state index contributed by atoms with van der Waals surface area (Å²) >= 11 is 0. The fourth-order valence-corrected chi connectivity index (χ4v) is 2.11. The first kappa shape index (κ1) is 15.4. The molecular weight excluding hydrogens is 306 g/mol. The van der Waals surface area contributed by atoms with Crippen molar-refractivity contribution in [1.82, 2.24) is 0 Å².